The van der Waals surface area contributed by atoms with Gasteiger partial charge in [0.15, 0.2) is 0 Å². The van der Waals surface area contributed by atoms with Crippen LogP contribution >= 0.6 is 0 Å². The van der Waals surface area contributed by atoms with Crippen LogP contribution in [0.25, 0.3) is 0 Å². The van der Waals surface area contributed by atoms with E-state index in [0.29, 0.717) is 22.6 Å². The fourth-order valence-electron chi connectivity index (χ4n) is 1.81. The van der Waals surface area contributed by atoms with Gasteiger partial charge in [0, 0.05) is 12.1 Å². The van der Waals surface area contributed by atoms with Crippen molar-refractivity contribution < 1.29 is 14.4 Å². The molecule has 6 nitrogen and oxygen atoms in total. The second-order valence-electron chi connectivity index (χ2n) is 4.18. The highest BCUT2D eigenvalue weighted by Crippen LogP contribution is 2.25. The average molecular weight is 284 g/mol. The topological polar surface area (TPSA) is 85.4 Å². The Kier molecular flexibility index (Phi) is 4.36. The summed E-state index contributed by atoms with van der Waals surface area (Å²) in [4.78, 5) is 10.5. The van der Waals surface area contributed by atoms with Crippen LogP contribution in [0, 0.1) is 21.4 Å². The van der Waals surface area contributed by atoms with Crippen LogP contribution in [0.3, 0.4) is 0 Å². The maximum atomic E-state index is 10.9. The van der Waals surface area contributed by atoms with Crippen molar-refractivity contribution in [2.24, 2.45) is 0 Å². The van der Waals surface area contributed by atoms with Gasteiger partial charge in [-0.2, -0.15) is 5.26 Å². The van der Waals surface area contributed by atoms with E-state index in [9.17, 15) is 10.1 Å². The number of ether oxygens (including phenoxy) is 2. The molecule has 6 heteroatoms. The summed E-state index contributed by atoms with van der Waals surface area (Å²) in [5.74, 6) is 0.913. The van der Waals surface area contributed by atoms with Crippen molar-refractivity contribution in [2.75, 3.05) is 7.11 Å². The summed E-state index contributed by atoms with van der Waals surface area (Å²) >= 11 is 0. The third kappa shape index (κ3) is 3.48. The van der Waals surface area contributed by atoms with Crippen LogP contribution in [-0.4, -0.2) is 12.0 Å². The van der Waals surface area contributed by atoms with E-state index in [1.54, 1.807) is 36.4 Å². The van der Waals surface area contributed by atoms with Gasteiger partial charge in [0.05, 0.1) is 29.2 Å². The Morgan fingerprint density at radius 3 is 2.62 bits per heavy atom. The SMILES string of the molecule is COc1cc(C#N)cc(OCc2ccccc2[N+](=O)[O-])c1. The van der Waals surface area contributed by atoms with E-state index in [2.05, 4.69) is 0 Å². The number of nitrogens with zero attached hydrogens (tertiary/aromatic N) is 2. The quantitative estimate of drug-likeness (QED) is 0.622. The summed E-state index contributed by atoms with van der Waals surface area (Å²) in [7, 11) is 1.49. The van der Waals surface area contributed by atoms with Gasteiger partial charge in [0.1, 0.15) is 18.1 Å². The van der Waals surface area contributed by atoms with Crippen molar-refractivity contribution in [2.45, 2.75) is 6.61 Å². The number of nitro groups is 1. The maximum absolute atomic E-state index is 10.9. The maximum Gasteiger partial charge on any atom is 0.276 e. The van der Waals surface area contributed by atoms with E-state index >= 15 is 0 Å². The molecular weight excluding hydrogens is 272 g/mol. The van der Waals surface area contributed by atoms with Crippen molar-refractivity contribution in [3.63, 3.8) is 0 Å². The minimum absolute atomic E-state index is 0.000836. The lowest BCUT2D eigenvalue weighted by Gasteiger charge is -2.09. The Balaban J connectivity index is 2.21. The molecule has 0 amide bonds. The predicted molar refractivity (Wildman–Crippen MR) is 75.1 cm³/mol. The molecule has 0 fully saturated rings. The van der Waals surface area contributed by atoms with Gasteiger partial charge in [0.2, 0.25) is 0 Å². The molecule has 0 heterocycles. The second-order valence-corrected chi connectivity index (χ2v) is 4.18. The van der Waals surface area contributed by atoms with Crippen molar-refractivity contribution in [1.82, 2.24) is 0 Å². The number of hydrogen-bond donors (Lipinski definition) is 0. The molecule has 0 spiro atoms. The minimum Gasteiger partial charge on any atom is -0.497 e. The van der Waals surface area contributed by atoms with Crippen LogP contribution in [-0.2, 0) is 6.61 Å². The second kappa shape index (κ2) is 6.39. The third-order valence-corrected chi connectivity index (χ3v) is 2.83. The van der Waals surface area contributed by atoms with Crippen LogP contribution in [0.2, 0.25) is 0 Å². The van der Waals surface area contributed by atoms with E-state index in [0.717, 1.165) is 0 Å². The molecular formula is C15H12N2O4. The van der Waals surface area contributed by atoms with Crippen molar-refractivity contribution in [3.05, 3.63) is 63.7 Å². The van der Waals surface area contributed by atoms with Gasteiger partial charge >= 0.3 is 0 Å². The first kappa shape index (κ1) is 14.3. The highest BCUT2D eigenvalue weighted by molar-refractivity contribution is 5.44. The zero-order chi connectivity index (χ0) is 15.2. The van der Waals surface area contributed by atoms with Gasteiger partial charge in [-0.05, 0) is 18.2 Å². The zero-order valence-electron chi connectivity index (χ0n) is 11.3. The third-order valence-electron chi connectivity index (χ3n) is 2.83. The Hall–Kier alpha value is -3.07. The number of methoxy groups -OCH3 is 1. The molecule has 2 aromatic carbocycles. The lowest BCUT2D eigenvalue weighted by molar-refractivity contribution is -0.385. The molecule has 0 atom stereocenters. The van der Waals surface area contributed by atoms with Crippen LogP contribution in [0.5, 0.6) is 11.5 Å². The lowest BCUT2D eigenvalue weighted by atomic mass is 10.2. The molecule has 2 aromatic rings. The summed E-state index contributed by atoms with van der Waals surface area (Å²) in [6.45, 7) is 0.0369. The van der Waals surface area contributed by atoms with E-state index in [4.69, 9.17) is 14.7 Å². The first-order valence-electron chi connectivity index (χ1n) is 6.08. The predicted octanol–water partition coefficient (Wildman–Crippen LogP) is 3.05. The van der Waals surface area contributed by atoms with Gasteiger partial charge in [-0.25, -0.2) is 0 Å². The van der Waals surface area contributed by atoms with Crippen molar-refractivity contribution >= 4 is 5.69 Å². The molecule has 0 aromatic heterocycles. The Morgan fingerprint density at radius 1 is 1.24 bits per heavy atom. The smallest absolute Gasteiger partial charge is 0.276 e. The summed E-state index contributed by atoms with van der Waals surface area (Å²) in [5.41, 5.74) is 0.858. The van der Waals surface area contributed by atoms with Crippen molar-refractivity contribution in [1.29, 1.82) is 5.26 Å². The molecule has 2 rings (SSSR count). The minimum atomic E-state index is -0.453. The molecule has 0 aliphatic rings. The molecule has 0 N–H and O–H groups in total. The fourth-order valence-corrected chi connectivity index (χ4v) is 1.81. The number of nitriles is 1. The van der Waals surface area contributed by atoms with Crippen LogP contribution in [0.15, 0.2) is 42.5 Å². The first-order chi connectivity index (χ1) is 10.1. The van der Waals surface area contributed by atoms with E-state index in [1.807, 2.05) is 6.07 Å². The Bertz CT molecular complexity index is 707. The number of benzene rings is 2. The molecule has 0 aliphatic carbocycles. The Labute approximate surface area is 121 Å². The molecule has 0 bridgehead atoms. The highest BCUT2D eigenvalue weighted by Gasteiger charge is 2.13. The van der Waals surface area contributed by atoms with E-state index in [-0.39, 0.29) is 12.3 Å². The monoisotopic (exact) mass is 284 g/mol. The molecule has 0 saturated carbocycles. The van der Waals surface area contributed by atoms with Gasteiger partial charge in [-0.3, -0.25) is 10.1 Å². The summed E-state index contributed by atoms with van der Waals surface area (Å²) in [6.07, 6.45) is 0. The number of para-hydroxylation sites is 1. The normalized spacial score (nSPS) is 9.71. The van der Waals surface area contributed by atoms with Gasteiger partial charge in [-0.1, -0.05) is 12.1 Å². The molecule has 106 valence electrons. The molecule has 0 radical (unpaired) electrons. The zero-order valence-corrected chi connectivity index (χ0v) is 11.3. The lowest BCUT2D eigenvalue weighted by Crippen LogP contribution is -2.00. The molecule has 0 unspecified atom stereocenters. The molecule has 0 aliphatic heterocycles. The Morgan fingerprint density at radius 2 is 1.95 bits per heavy atom. The first-order valence-corrected chi connectivity index (χ1v) is 6.08. The number of hydrogen-bond acceptors (Lipinski definition) is 5. The molecule has 21 heavy (non-hydrogen) atoms. The van der Waals surface area contributed by atoms with E-state index < -0.39 is 4.92 Å². The van der Waals surface area contributed by atoms with Gasteiger partial charge in [0.25, 0.3) is 5.69 Å². The fraction of sp³-hybridized carbons (Fsp3) is 0.133. The average Bonchev–Trinajstić information content (AvgIpc) is 2.52. The van der Waals surface area contributed by atoms with Crippen LogP contribution in [0.4, 0.5) is 5.69 Å². The van der Waals surface area contributed by atoms with Crippen LogP contribution in [0.1, 0.15) is 11.1 Å². The van der Waals surface area contributed by atoms with Crippen LogP contribution < -0.4 is 9.47 Å². The van der Waals surface area contributed by atoms with Crippen molar-refractivity contribution in [3.8, 4) is 17.6 Å². The number of rotatable bonds is 5. The summed E-state index contributed by atoms with van der Waals surface area (Å²) in [5, 5.41) is 19.9. The largest absolute Gasteiger partial charge is 0.497 e. The summed E-state index contributed by atoms with van der Waals surface area (Å²) in [6, 6.07) is 13.1. The number of nitro benzene ring substituents is 1. The highest BCUT2D eigenvalue weighted by atomic mass is 16.6. The standard InChI is InChI=1S/C15H12N2O4/c1-20-13-6-11(9-16)7-14(8-13)21-10-12-4-2-3-5-15(12)17(18)19/h2-8H,10H2,1H3. The summed E-state index contributed by atoms with van der Waals surface area (Å²) < 4.78 is 10.6. The van der Waals surface area contributed by atoms with Gasteiger partial charge in [-0.15, -0.1) is 0 Å². The van der Waals surface area contributed by atoms with Gasteiger partial charge < -0.3 is 9.47 Å². The van der Waals surface area contributed by atoms with E-state index in [1.165, 1.54) is 13.2 Å². The molecule has 0 saturated heterocycles.